The van der Waals surface area contributed by atoms with Crippen molar-refractivity contribution in [3.8, 4) is 16.9 Å². The molecule has 5 rings (SSSR count). The van der Waals surface area contributed by atoms with Crippen LogP contribution in [-0.2, 0) is 9.59 Å². The number of carbonyl (C=O) groups is 3. The highest BCUT2D eigenvalue weighted by Crippen LogP contribution is 2.32. The van der Waals surface area contributed by atoms with E-state index in [0.29, 0.717) is 11.4 Å². The van der Waals surface area contributed by atoms with Crippen molar-refractivity contribution < 1.29 is 23.5 Å². The standard InChI is InChI=1S/C29H17Cl2FN2O4/c30-23-16-21(12-15-24(23)32)34-27(35)25(31)26(28(34)36)33-20-10-6-19(7-11-20)29(37)38-22-13-8-18(9-14-22)17-4-2-1-3-5-17/h1-16,33H. The van der Waals surface area contributed by atoms with Crippen LogP contribution >= 0.6 is 23.2 Å². The van der Waals surface area contributed by atoms with Gasteiger partial charge < -0.3 is 10.1 Å². The molecule has 2 amide bonds. The van der Waals surface area contributed by atoms with E-state index in [2.05, 4.69) is 5.32 Å². The van der Waals surface area contributed by atoms with Crippen molar-refractivity contribution in [2.24, 2.45) is 0 Å². The van der Waals surface area contributed by atoms with E-state index in [4.69, 9.17) is 27.9 Å². The molecule has 1 N–H and O–H groups in total. The summed E-state index contributed by atoms with van der Waals surface area (Å²) in [5.74, 6) is -2.36. The summed E-state index contributed by atoms with van der Waals surface area (Å²) in [5, 5.41) is 2.23. The Bertz CT molecular complexity index is 1590. The van der Waals surface area contributed by atoms with E-state index in [0.717, 1.165) is 28.2 Å². The van der Waals surface area contributed by atoms with Gasteiger partial charge in [0.05, 0.1) is 16.3 Å². The number of nitrogens with zero attached hydrogens (tertiary/aromatic N) is 1. The Kier molecular flexibility index (Phi) is 6.96. The molecule has 4 aromatic carbocycles. The van der Waals surface area contributed by atoms with E-state index in [1.807, 2.05) is 42.5 Å². The molecule has 0 radical (unpaired) electrons. The van der Waals surface area contributed by atoms with Crippen molar-refractivity contribution in [2.45, 2.75) is 0 Å². The molecule has 1 aliphatic heterocycles. The Morgan fingerprint density at radius 1 is 0.789 bits per heavy atom. The van der Waals surface area contributed by atoms with E-state index in [9.17, 15) is 18.8 Å². The van der Waals surface area contributed by atoms with Crippen LogP contribution in [0.4, 0.5) is 15.8 Å². The van der Waals surface area contributed by atoms with Crippen molar-refractivity contribution in [3.63, 3.8) is 0 Å². The molecule has 0 aliphatic carbocycles. The number of benzene rings is 4. The highest BCUT2D eigenvalue weighted by atomic mass is 35.5. The van der Waals surface area contributed by atoms with Crippen LogP contribution in [0.15, 0.2) is 108 Å². The summed E-state index contributed by atoms with van der Waals surface area (Å²) in [6, 6.07) is 26.6. The number of nitrogens with one attached hydrogen (secondary N) is 1. The number of carbonyl (C=O) groups excluding carboxylic acids is 3. The van der Waals surface area contributed by atoms with Crippen LogP contribution in [0.5, 0.6) is 5.75 Å². The van der Waals surface area contributed by atoms with Crippen molar-refractivity contribution >= 4 is 52.4 Å². The summed E-state index contributed by atoms with van der Waals surface area (Å²) in [6.45, 7) is 0. The van der Waals surface area contributed by atoms with Gasteiger partial charge in [0, 0.05) is 5.69 Å². The fourth-order valence-corrected chi connectivity index (χ4v) is 4.20. The smallest absolute Gasteiger partial charge is 0.343 e. The average Bonchev–Trinajstić information content (AvgIpc) is 3.14. The normalized spacial score (nSPS) is 13.2. The minimum atomic E-state index is -0.777. The van der Waals surface area contributed by atoms with Gasteiger partial charge in [-0.1, -0.05) is 65.7 Å². The van der Waals surface area contributed by atoms with Crippen LogP contribution in [0.25, 0.3) is 11.1 Å². The Morgan fingerprint density at radius 3 is 2.11 bits per heavy atom. The third-order valence-corrected chi connectivity index (χ3v) is 6.39. The monoisotopic (exact) mass is 546 g/mol. The summed E-state index contributed by atoms with van der Waals surface area (Å²) < 4.78 is 19.0. The molecule has 1 heterocycles. The Hall–Kier alpha value is -4.46. The molecule has 6 nitrogen and oxygen atoms in total. The first-order chi connectivity index (χ1) is 18.3. The molecule has 188 valence electrons. The molecular formula is C29H17Cl2FN2O4. The average molecular weight is 547 g/mol. The van der Waals surface area contributed by atoms with Crippen molar-refractivity contribution in [1.29, 1.82) is 0 Å². The van der Waals surface area contributed by atoms with Gasteiger partial charge in [-0.15, -0.1) is 0 Å². The minimum Gasteiger partial charge on any atom is -0.423 e. The maximum atomic E-state index is 13.5. The molecular weight excluding hydrogens is 530 g/mol. The van der Waals surface area contributed by atoms with Gasteiger partial charge in [0.25, 0.3) is 11.8 Å². The lowest BCUT2D eigenvalue weighted by Crippen LogP contribution is -2.32. The van der Waals surface area contributed by atoms with E-state index in [-0.39, 0.29) is 27.0 Å². The zero-order valence-corrected chi connectivity index (χ0v) is 21.0. The Balaban J connectivity index is 1.25. The molecule has 38 heavy (non-hydrogen) atoms. The lowest BCUT2D eigenvalue weighted by molar-refractivity contribution is -0.120. The van der Waals surface area contributed by atoms with E-state index in [1.165, 1.54) is 18.2 Å². The van der Waals surface area contributed by atoms with Crippen LogP contribution in [0.1, 0.15) is 10.4 Å². The zero-order valence-electron chi connectivity index (χ0n) is 19.5. The number of anilines is 2. The topological polar surface area (TPSA) is 75.7 Å². The number of amides is 2. The second-order valence-corrected chi connectivity index (χ2v) is 9.00. The number of rotatable bonds is 6. The molecule has 0 aromatic heterocycles. The molecule has 0 unspecified atom stereocenters. The second kappa shape index (κ2) is 10.5. The Morgan fingerprint density at radius 2 is 1.45 bits per heavy atom. The molecule has 1 aliphatic rings. The van der Waals surface area contributed by atoms with E-state index in [1.54, 1.807) is 24.3 Å². The first-order valence-electron chi connectivity index (χ1n) is 11.3. The SMILES string of the molecule is O=C(Oc1ccc(-c2ccccc2)cc1)c1ccc(NC2=C(Cl)C(=O)N(c3ccc(F)c(Cl)c3)C2=O)cc1. The van der Waals surface area contributed by atoms with Crippen LogP contribution in [0.2, 0.25) is 5.02 Å². The van der Waals surface area contributed by atoms with Crippen molar-refractivity contribution in [2.75, 3.05) is 10.2 Å². The Labute approximate surface area is 226 Å². The molecule has 0 atom stereocenters. The van der Waals surface area contributed by atoms with Gasteiger partial charge in [0.15, 0.2) is 0 Å². The molecule has 0 fully saturated rings. The number of halogens is 3. The van der Waals surface area contributed by atoms with Gasteiger partial charge in [-0.05, 0) is 65.7 Å². The maximum absolute atomic E-state index is 13.5. The zero-order chi connectivity index (χ0) is 26.8. The van der Waals surface area contributed by atoms with Gasteiger partial charge >= 0.3 is 5.97 Å². The lowest BCUT2D eigenvalue weighted by Gasteiger charge is -2.15. The van der Waals surface area contributed by atoms with Crippen LogP contribution in [0, 0.1) is 5.82 Å². The summed E-state index contributed by atoms with van der Waals surface area (Å²) >= 11 is 11.9. The number of esters is 1. The first-order valence-corrected chi connectivity index (χ1v) is 12.1. The predicted molar refractivity (Wildman–Crippen MR) is 144 cm³/mol. The number of hydrogen-bond acceptors (Lipinski definition) is 5. The van der Waals surface area contributed by atoms with Crippen molar-refractivity contribution in [3.05, 3.63) is 124 Å². The van der Waals surface area contributed by atoms with E-state index >= 15 is 0 Å². The van der Waals surface area contributed by atoms with Gasteiger partial charge in [0.2, 0.25) is 0 Å². The van der Waals surface area contributed by atoms with Gasteiger partial charge in [-0.3, -0.25) is 9.59 Å². The quantitative estimate of drug-likeness (QED) is 0.163. The summed E-state index contributed by atoms with van der Waals surface area (Å²) in [4.78, 5) is 38.9. The van der Waals surface area contributed by atoms with Crippen LogP contribution < -0.4 is 15.0 Å². The maximum Gasteiger partial charge on any atom is 0.343 e. The van der Waals surface area contributed by atoms with E-state index < -0.39 is 23.6 Å². The second-order valence-electron chi connectivity index (χ2n) is 8.22. The highest BCUT2D eigenvalue weighted by molar-refractivity contribution is 6.53. The largest absolute Gasteiger partial charge is 0.423 e. The number of hydrogen-bond donors (Lipinski definition) is 1. The third kappa shape index (κ3) is 5.02. The summed E-state index contributed by atoms with van der Waals surface area (Å²) in [7, 11) is 0. The van der Waals surface area contributed by atoms with Crippen molar-refractivity contribution in [1.82, 2.24) is 0 Å². The molecule has 0 bridgehead atoms. The summed E-state index contributed by atoms with van der Waals surface area (Å²) in [6.07, 6.45) is 0. The lowest BCUT2D eigenvalue weighted by atomic mass is 10.1. The van der Waals surface area contributed by atoms with Crippen LogP contribution in [0.3, 0.4) is 0 Å². The first kappa shape index (κ1) is 25.2. The molecule has 4 aromatic rings. The molecule has 9 heteroatoms. The minimum absolute atomic E-state index is 0.0799. The number of ether oxygens (including phenoxy) is 1. The van der Waals surface area contributed by atoms with Gasteiger partial charge in [-0.2, -0.15) is 0 Å². The molecule has 0 saturated heterocycles. The fourth-order valence-electron chi connectivity index (χ4n) is 3.82. The molecule has 0 spiro atoms. The van der Waals surface area contributed by atoms with Gasteiger partial charge in [-0.25, -0.2) is 14.1 Å². The fraction of sp³-hybridized carbons (Fsp3) is 0. The predicted octanol–water partition coefficient (Wildman–Crippen LogP) is 6.80. The highest BCUT2D eigenvalue weighted by Gasteiger charge is 2.39. The third-order valence-electron chi connectivity index (χ3n) is 5.75. The van der Waals surface area contributed by atoms with Crippen LogP contribution in [-0.4, -0.2) is 17.8 Å². The molecule has 0 saturated carbocycles. The summed E-state index contributed by atoms with van der Waals surface area (Å²) in [5.41, 5.74) is 2.65. The number of imide groups is 1. The van der Waals surface area contributed by atoms with Gasteiger partial charge in [0.1, 0.15) is 22.3 Å².